The molecule has 1 N–H and O–H groups in total. The summed E-state index contributed by atoms with van der Waals surface area (Å²) in [6.07, 6.45) is 7.75. The summed E-state index contributed by atoms with van der Waals surface area (Å²) in [5, 5.41) is 7.19. The lowest BCUT2D eigenvalue weighted by Gasteiger charge is -2.29. The van der Waals surface area contributed by atoms with Crippen molar-refractivity contribution >= 4 is 11.6 Å². The molecule has 1 aliphatic heterocycles. The second-order valence-electron chi connectivity index (χ2n) is 10.4. The third-order valence-electron chi connectivity index (χ3n) is 7.96. The van der Waals surface area contributed by atoms with Crippen LogP contribution in [0.25, 0.3) is 5.69 Å². The highest BCUT2D eigenvalue weighted by molar-refractivity contribution is 6.06. The molecule has 2 aromatic carbocycles. The largest absolute Gasteiger partial charge is 0.490 e. The first kappa shape index (κ1) is 26.1. The fourth-order valence-corrected chi connectivity index (χ4v) is 5.59. The van der Waals surface area contributed by atoms with E-state index in [1.54, 1.807) is 29.7 Å². The number of aromatic nitrogens is 3. The summed E-state index contributed by atoms with van der Waals surface area (Å²) >= 11 is 0. The second-order valence-corrected chi connectivity index (χ2v) is 10.4. The molecule has 9 heteroatoms. The summed E-state index contributed by atoms with van der Waals surface area (Å²) in [6, 6.07) is 7.51. The summed E-state index contributed by atoms with van der Waals surface area (Å²) in [5.74, 6) is -0.186. The van der Waals surface area contributed by atoms with Crippen LogP contribution < -0.4 is 15.7 Å². The SMILES string of the molecule is Cc1c(CF)cccc1NC(=O)c1cc(F)c(-n2nc3n(c2=O)CCCC3)cc1OC(C)C1CCCCC1. The van der Waals surface area contributed by atoms with Crippen LogP contribution in [-0.4, -0.2) is 26.4 Å². The van der Waals surface area contributed by atoms with Gasteiger partial charge in [0, 0.05) is 24.7 Å². The van der Waals surface area contributed by atoms with Crippen LogP contribution in [0.5, 0.6) is 5.75 Å². The van der Waals surface area contributed by atoms with Crippen LogP contribution in [0, 0.1) is 18.7 Å². The molecule has 0 radical (unpaired) electrons. The van der Waals surface area contributed by atoms with E-state index in [-0.39, 0.29) is 23.1 Å². The zero-order chi connectivity index (χ0) is 26.8. The Morgan fingerprint density at radius 2 is 1.97 bits per heavy atom. The van der Waals surface area contributed by atoms with E-state index in [0.717, 1.165) is 49.3 Å². The normalized spacial score (nSPS) is 16.6. The Kier molecular flexibility index (Phi) is 7.63. The van der Waals surface area contributed by atoms with Gasteiger partial charge in [-0.2, -0.15) is 4.68 Å². The molecule has 1 saturated carbocycles. The molecule has 1 atom stereocenters. The van der Waals surface area contributed by atoms with Gasteiger partial charge >= 0.3 is 5.69 Å². The molecule has 2 heterocycles. The maximum atomic E-state index is 15.6. The Hall–Kier alpha value is -3.49. The fraction of sp³-hybridized carbons (Fsp3) is 0.483. The lowest BCUT2D eigenvalue weighted by molar-refractivity contribution is 0.0997. The quantitative estimate of drug-likeness (QED) is 0.418. The first-order valence-corrected chi connectivity index (χ1v) is 13.5. The molecule has 0 spiro atoms. The highest BCUT2D eigenvalue weighted by atomic mass is 19.1. The molecule has 7 nitrogen and oxygen atoms in total. The van der Waals surface area contributed by atoms with Gasteiger partial charge < -0.3 is 10.1 Å². The van der Waals surface area contributed by atoms with Crippen LogP contribution in [0.4, 0.5) is 14.5 Å². The molecular weight excluding hydrogens is 490 g/mol. The molecule has 1 fully saturated rings. The summed E-state index contributed by atoms with van der Waals surface area (Å²) in [6.45, 7) is 3.59. The maximum absolute atomic E-state index is 15.6. The van der Waals surface area contributed by atoms with Crippen molar-refractivity contribution in [2.75, 3.05) is 5.32 Å². The van der Waals surface area contributed by atoms with Gasteiger partial charge in [0.15, 0.2) is 0 Å². The molecule has 1 unspecified atom stereocenters. The lowest BCUT2D eigenvalue weighted by atomic mass is 9.86. The zero-order valence-electron chi connectivity index (χ0n) is 21.9. The molecule has 1 aliphatic carbocycles. The van der Waals surface area contributed by atoms with Gasteiger partial charge in [0.05, 0.1) is 11.7 Å². The van der Waals surface area contributed by atoms with Crippen molar-refractivity contribution in [2.45, 2.75) is 84.5 Å². The molecule has 2 aliphatic rings. The highest BCUT2D eigenvalue weighted by Gasteiger charge is 2.27. The second kappa shape index (κ2) is 11.1. The maximum Gasteiger partial charge on any atom is 0.350 e. The molecule has 202 valence electrons. The van der Waals surface area contributed by atoms with E-state index >= 15 is 4.39 Å². The minimum absolute atomic E-state index is 0.0102. The van der Waals surface area contributed by atoms with Crippen LogP contribution in [0.15, 0.2) is 35.1 Å². The Morgan fingerprint density at radius 1 is 1.18 bits per heavy atom. The van der Waals surface area contributed by atoms with Crippen molar-refractivity contribution in [3.05, 3.63) is 69.1 Å². The summed E-state index contributed by atoms with van der Waals surface area (Å²) in [7, 11) is 0. The standard InChI is InChI=1S/C29H34F2N4O3/c1-18-21(17-30)11-8-12-24(18)32-28(36)22-15-23(31)25(35-29(37)34-14-7-6-13-27(34)33-35)16-26(22)38-19(2)20-9-4-3-5-10-20/h8,11-12,15-16,19-20H,3-7,9-10,13-14,17H2,1-2H3,(H,32,36). The molecule has 3 aromatic rings. The molecule has 1 amide bonds. The monoisotopic (exact) mass is 524 g/mol. The van der Waals surface area contributed by atoms with Gasteiger partial charge in [0.25, 0.3) is 5.91 Å². The van der Waals surface area contributed by atoms with Gasteiger partial charge in [-0.05, 0) is 68.7 Å². The number of benzene rings is 2. The van der Waals surface area contributed by atoms with Gasteiger partial charge in [0.1, 0.15) is 29.8 Å². The van der Waals surface area contributed by atoms with Crippen molar-refractivity contribution in [1.82, 2.24) is 14.3 Å². The number of halogens is 2. The number of anilines is 1. The van der Waals surface area contributed by atoms with E-state index in [0.29, 0.717) is 41.5 Å². The van der Waals surface area contributed by atoms with Crippen molar-refractivity contribution < 1.29 is 18.3 Å². The highest BCUT2D eigenvalue weighted by Crippen LogP contribution is 2.33. The van der Waals surface area contributed by atoms with Crippen LogP contribution >= 0.6 is 0 Å². The van der Waals surface area contributed by atoms with E-state index < -0.39 is 24.1 Å². The number of hydrogen-bond donors (Lipinski definition) is 1. The Labute approximate surface area is 220 Å². The van der Waals surface area contributed by atoms with E-state index in [1.165, 1.54) is 12.5 Å². The van der Waals surface area contributed by atoms with Gasteiger partial charge in [0.2, 0.25) is 0 Å². The molecule has 5 rings (SSSR count). The fourth-order valence-electron chi connectivity index (χ4n) is 5.59. The van der Waals surface area contributed by atoms with Crippen LogP contribution in [0.2, 0.25) is 0 Å². The number of nitrogens with zero attached hydrogens (tertiary/aromatic N) is 3. The minimum atomic E-state index is -0.750. The average molecular weight is 525 g/mol. The van der Waals surface area contributed by atoms with E-state index in [9.17, 15) is 14.0 Å². The molecule has 1 aromatic heterocycles. The van der Waals surface area contributed by atoms with E-state index in [1.807, 2.05) is 6.92 Å². The smallest absolute Gasteiger partial charge is 0.350 e. The van der Waals surface area contributed by atoms with Crippen LogP contribution in [0.1, 0.15) is 79.2 Å². The van der Waals surface area contributed by atoms with Gasteiger partial charge in [-0.3, -0.25) is 9.36 Å². The number of aryl methyl sites for hydroxylation is 1. The van der Waals surface area contributed by atoms with Crippen molar-refractivity contribution in [1.29, 1.82) is 0 Å². The third kappa shape index (κ3) is 5.11. The predicted molar refractivity (Wildman–Crippen MR) is 141 cm³/mol. The Balaban J connectivity index is 1.54. The molecule has 0 bridgehead atoms. The first-order chi connectivity index (χ1) is 18.4. The van der Waals surface area contributed by atoms with Gasteiger partial charge in [-0.15, -0.1) is 5.10 Å². The molecular formula is C29H34F2N4O3. The lowest BCUT2D eigenvalue weighted by Crippen LogP contribution is -2.28. The summed E-state index contributed by atoms with van der Waals surface area (Å²) in [4.78, 5) is 26.5. The van der Waals surface area contributed by atoms with Crippen molar-refractivity contribution in [2.24, 2.45) is 5.92 Å². The third-order valence-corrected chi connectivity index (χ3v) is 7.96. The van der Waals surface area contributed by atoms with Crippen LogP contribution in [-0.2, 0) is 19.6 Å². The first-order valence-electron chi connectivity index (χ1n) is 13.5. The number of amides is 1. The summed E-state index contributed by atoms with van der Waals surface area (Å²) < 4.78 is 37.9. The number of nitrogens with one attached hydrogen (secondary N) is 1. The number of carbonyl (C=O) groups excluding carboxylic acids is 1. The number of rotatable bonds is 7. The number of alkyl halides is 1. The predicted octanol–water partition coefficient (Wildman–Crippen LogP) is 5.89. The average Bonchev–Trinajstić information content (AvgIpc) is 3.27. The zero-order valence-corrected chi connectivity index (χ0v) is 21.9. The summed E-state index contributed by atoms with van der Waals surface area (Å²) in [5.41, 5.74) is 1.08. The Morgan fingerprint density at radius 3 is 2.71 bits per heavy atom. The number of hydrogen-bond acceptors (Lipinski definition) is 4. The Bertz CT molecular complexity index is 1390. The molecule has 38 heavy (non-hydrogen) atoms. The number of fused-ring (bicyclic) bond motifs is 1. The van der Waals surface area contributed by atoms with E-state index in [2.05, 4.69) is 10.4 Å². The van der Waals surface area contributed by atoms with Crippen molar-refractivity contribution in [3.63, 3.8) is 0 Å². The topological polar surface area (TPSA) is 78.2 Å². The minimum Gasteiger partial charge on any atom is -0.490 e. The van der Waals surface area contributed by atoms with Gasteiger partial charge in [-0.25, -0.2) is 13.6 Å². The number of ether oxygens (including phenoxy) is 1. The number of carbonyl (C=O) groups is 1. The molecule has 0 saturated heterocycles. The van der Waals surface area contributed by atoms with Gasteiger partial charge in [-0.1, -0.05) is 31.4 Å². The van der Waals surface area contributed by atoms with Crippen LogP contribution in [0.3, 0.4) is 0 Å². The van der Waals surface area contributed by atoms with E-state index in [4.69, 9.17) is 4.74 Å². The van der Waals surface area contributed by atoms with Crippen molar-refractivity contribution in [3.8, 4) is 11.4 Å².